The van der Waals surface area contributed by atoms with Gasteiger partial charge < -0.3 is 4.74 Å². The van der Waals surface area contributed by atoms with Crippen LogP contribution in [0, 0.1) is 0 Å². The normalized spacial score (nSPS) is 10.4. The predicted octanol–water partition coefficient (Wildman–Crippen LogP) is 2.16. The molecule has 2 aromatic rings. The number of aromatic amines is 1. The maximum absolute atomic E-state index is 11.4. The maximum atomic E-state index is 11.4. The van der Waals surface area contributed by atoms with Gasteiger partial charge in [-0.2, -0.15) is 0 Å². The summed E-state index contributed by atoms with van der Waals surface area (Å²) in [6.07, 6.45) is 2.71. The summed E-state index contributed by atoms with van der Waals surface area (Å²) in [7, 11) is 0. The zero-order valence-corrected chi connectivity index (χ0v) is 10.9. The van der Waals surface area contributed by atoms with Crippen LogP contribution in [0.15, 0.2) is 30.3 Å². The fourth-order valence-electron chi connectivity index (χ4n) is 1.80. The highest BCUT2D eigenvalue weighted by molar-refractivity contribution is 5.84. The largest absolute Gasteiger partial charge is 0.460 e. The lowest BCUT2D eigenvalue weighted by atomic mass is 10.1. The molecule has 1 N–H and O–H groups in total. The first-order valence-corrected chi connectivity index (χ1v) is 6.42. The number of carbonyl (C=O) groups excluding carboxylic acids is 1. The molecular weight excluding hydrogens is 242 g/mol. The second-order valence-electron chi connectivity index (χ2n) is 4.17. The van der Waals surface area contributed by atoms with Gasteiger partial charge in [-0.3, -0.25) is 5.10 Å². The van der Waals surface area contributed by atoms with E-state index in [4.69, 9.17) is 4.74 Å². The van der Waals surface area contributed by atoms with Crippen LogP contribution in [0.5, 0.6) is 0 Å². The third-order valence-corrected chi connectivity index (χ3v) is 2.71. The number of benzene rings is 1. The molecule has 1 heterocycles. The van der Waals surface area contributed by atoms with Crippen LogP contribution >= 0.6 is 0 Å². The summed E-state index contributed by atoms with van der Waals surface area (Å²) in [5.74, 6) is 0.351. The van der Waals surface area contributed by atoms with Gasteiger partial charge in [0.15, 0.2) is 0 Å². The predicted molar refractivity (Wildman–Crippen MR) is 70.8 cm³/mol. The van der Waals surface area contributed by atoms with Crippen molar-refractivity contribution in [3.63, 3.8) is 0 Å². The smallest absolute Gasteiger partial charge is 0.378 e. The lowest BCUT2D eigenvalue weighted by Gasteiger charge is -1.99. The number of hydrogen-bond acceptors (Lipinski definition) is 4. The van der Waals surface area contributed by atoms with E-state index in [1.807, 2.05) is 18.2 Å². The monoisotopic (exact) mass is 259 g/mol. The molecule has 0 spiro atoms. The van der Waals surface area contributed by atoms with E-state index in [-0.39, 0.29) is 5.82 Å². The molecule has 0 amide bonds. The molecule has 0 aliphatic heterocycles. The molecular formula is C14H17N3O2. The molecule has 0 aliphatic carbocycles. The van der Waals surface area contributed by atoms with Crippen LogP contribution in [0.4, 0.5) is 0 Å². The first kappa shape index (κ1) is 13.3. The lowest BCUT2D eigenvalue weighted by molar-refractivity contribution is 0.0512. The standard InChI is InChI=1S/C14H17N3O2/c1-2-19-14(18)13-15-12(16-17-13)10-6-9-11-7-4-3-5-8-11/h3-5,7-8H,2,6,9-10H2,1H3,(H,15,16,17). The summed E-state index contributed by atoms with van der Waals surface area (Å²) >= 11 is 0. The SMILES string of the molecule is CCOC(=O)c1n[nH]c(CCCc2ccccc2)n1. The van der Waals surface area contributed by atoms with Gasteiger partial charge in [-0.05, 0) is 25.3 Å². The molecule has 0 bridgehead atoms. The Morgan fingerprint density at radius 3 is 2.79 bits per heavy atom. The van der Waals surface area contributed by atoms with Gasteiger partial charge in [0.2, 0.25) is 0 Å². The van der Waals surface area contributed by atoms with E-state index in [9.17, 15) is 4.79 Å². The van der Waals surface area contributed by atoms with E-state index in [0.29, 0.717) is 6.61 Å². The average molecular weight is 259 g/mol. The van der Waals surface area contributed by atoms with E-state index in [0.717, 1.165) is 25.1 Å². The van der Waals surface area contributed by atoms with Crippen LogP contribution in [0.1, 0.15) is 35.4 Å². The van der Waals surface area contributed by atoms with E-state index >= 15 is 0 Å². The van der Waals surface area contributed by atoms with Crippen molar-refractivity contribution in [2.45, 2.75) is 26.2 Å². The lowest BCUT2D eigenvalue weighted by Crippen LogP contribution is -2.06. The summed E-state index contributed by atoms with van der Waals surface area (Å²) in [6, 6.07) is 10.3. The number of H-pyrrole nitrogens is 1. The highest BCUT2D eigenvalue weighted by Gasteiger charge is 2.12. The Morgan fingerprint density at radius 2 is 2.05 bits per heavy atom. The fourth-order valence-corrected chi connectivity index (χ4v) is 1.80. The van der Waals surface area contributed by atoms with Crippen molar-refractivity contribution < 1.29 is 9.53 Å². The van der Waals surface area contributed by atoms with Gasteiger partial charge in [-0.15, -0.1) is 5.10 Å². The summed E-state index contributed by atoms with van der Waals surface area (Å²) < 4.78 is 4.83. The second-order valence-corrected chi connectivity index (χ2v) is 4.17. The first-order chi connectivity index (χ1) is 9.29. The molecule has 0 radical (unpaired) electrons. The number of hydrogen-bond donors (Lipinski definition) is 1. The summed E-state index contributed by atoms with van der Waals surface area (Å²) in [4.78, 5) is 15.5. The second kappa shape index (κ2) is 6.68. The van der Waals surface area contributed by atoms with Crippen molar-refractivity contribution in [3.8, 4) is 0 Å². The van der Waals surface area contributed by atoms with Crippen molar-refractivity contribution in [2.75, 3.05) is 6.61 Å². The Kier molecular flexibility index (Phi) is 4.66. The Bertz CT molecular complexity index is 522. The van der Waals surface area contributed by atoms with Crippen LogP contribution in [-0.2, 0) is 17.6 Å². The number of ether oxygens (including phenoxy) is 1. The van der Waals surface area contributed by atoms with Gasteiger partial charge in [0.25, 0.3) is 5.82 Å². The molecule has 5 heteroatoms. The molecule has 0 aliphatic rings. The number of nitrogens with zero attached hydrogens (tertiary/aromatic N) is 2. The van der Waals surface area contributed by atoms with E-state index in [1.165, 1.54) is 5.56 Å². The molecule has 0 fully saturated rings. The van der Waals surface area contributed by atoms with Crippen LogP contribution in [0.3, 0.4) is 0 Å². The zero-order chi connectivity index (χ0) is 13.5. The minimum absolute atomic E-state index is 0.108. The average Bonchev–Trinajstić information content (AvgIpc) is 2.89. The molecule has 0 saturated heterocycles. The Morgan fingerprint density at radius 1 is 1.26 bits per heavy atom. The van der Waals surface area contributed by atoms with Crippen molar-refractivity contribution in [3.05, 3.63) is 47.5 Å². The van der Waals surface area contributed by atoms with Gasteiger partial charge >= 0.3 is 5.97 Å². The molecule has 19 heavy (non-hydrogen) atoms. The highest BCUT2D eigenvalue weighted by Crippen LogP contribution is 2.05. The van der Waals surface area contributed by atoms with Crippen molar-refractivity contribution >= 4 is 5.97 Å². The number of nitrogens with one attached hydrogen (secondary N) is 1. The minimum Gasteiger partial charge on any atom is -0.460 e. The van der Waals surface area contributed by atoms with Crippen LogP contribution in [0.25, 0.3) is 0 Å². The molecule has 2 rings (SSSR count). The highest BCUT2D eigenvalue weighted by atomic mass is 16.5. The molecule has 1 aromatic carbocycles. The first-order valence-electron chi connectivity index (χ1n) is 6.42. The van der Waals surface area contributed by atoms with Crippen molar-refractivity contribution in [1.82, 2.24) is 15.2 Å². The molecule has 1 aromatic heterocycles. The van der Waals surface area contributed by atoms with Gasteiger partial charge in [0.1, 0.15) is 5.82 Å². The molecule has 5 nitrogen and oxygen atoms in total. The Hall–Kier alpha value is -2.17. The number of aromatic nitrogens is 3. The van der Waals surface area contributed by atoms with Gasteiger partial charge in [-0.1, -0.05) is 30.3 Å². The maximum Gasteiger partial charge on any atom is 0.378 e. The van der Waals surface area contributed by atoms with Gasteiger partial charge in [0.05, 0.1) is 6.61 Å². The number of rotatable bonds is 6. The zero-order valence-electron chi connectivity index (χ0n) is 10.9. The Labute approximate surface area is 112 Å². The third-order valence-electron chi connectivity index (χ3n) is 2.71. The summed E-state index contributed by atoms with van der Waals surface area (Å²) in [6.45, 7) is 2.09. The third kappa shape index (κ3) is 3.91. The molecule has 0 atom stereocenters. The Balaban J connectivity index is 1.82. The molecule has 0 saturated carbocycles. The quantitative estimate of drug-likeness (QED) is 0.807. The van der Waals surface area contributed by atoms with Crippen LogP contribution in [-0.4, -0.2) is 27.8 Å². The number of carbonyl (C=O) groups is 1. The van der Waals surface area contributed by atoms with E-state index in [1.54, 1.807) is 6.92 Å². The fraction of sp³-hybridized carbons (Fsp3) is 0.357. The van der Waals surface area contributed by atoms with Crippen LogP contribution in [0.2, 0.25) is 0 Å². The molecule has 100 valence electrons. The van der Waals surface area contributed by atoms with E-state index < -0.39 is 5.97 Å². The van der Waals surface area contributed by atoms with Gasteiger partial charge in [0, 0.05) is 6.42 Å². The van der Waals surface area contributed by atoms with Crippen molar-refractivity contribution in [2.24, 2.45) is 0 Å². The summed E-state index contributed by atoms with van der Waals surface area (Å²) in [5.41, 5.74) is 1.30. The summed E-state index contributed by atoms with van der Waals surface area (Å²) in [5, 5.41) is 6.62. The molecule has 0 unspecified atom stereocenters. The van der Waals surface area contributed by atoms with Crippen molar-refractivity contribution in [1.29, 1.82) is 0 Å². The number of aryl methyl sites for hydroxylation is 2. The van der Waals surface area contributed by atoms with Gasteiger partial charge in [-0.25, -0.2) is 9.78 Å². The van der Waals surface area contributed by atoms with Crippen LogP contribution < -0.4 is 0 Å². The number of esters is 1. The van der Waals surface area contributed by atoms with E-state index in [2.05, 4.69) is 27.3 Å². The minimum atomic E-state index is -0.479. The topological polar surface area (TPSA) is 67.9 Å².